The van der Waals surface area contributed by atoms with Crippen LogP contribution in [0.1, 0.15) is 73.8 Å². The molecule has 3 aromatic rings. The fourth-order valence-electron chi connectivity index (χ4n) is 3.86. The minimum atomic E-state index is -0.120. The quantitative estimate of drug-likeness (QED) is 0.348. The van der Waals surface area contributed by atoms with Crippen LogP contribution < -0.4 is 11.1 Å². The number of ketones is 1. The van der Waals surface area contributed by atoms with Gasteiger partial charge in [0.15, 0.2) is 5.78 Å². The molecule has 2 heterocycles. The van der Waals surface area contributed by atoms with Crippen molar-refractivity contribution in [3.05, 3.63) is 88.9 Å². The highest BCUT2D eigenvalue weighted by Gasteiger charge is 2.26. The summed E-state index contributed by atoms with van der Waals surface area (Å²) in [6.07, 6.45) is 7.44. The van der Waals surface area contributed by atoms with Gasteiger partial charge in [-0.1, -0.05) is 18.2 Å². The second kappa shape index (κ2) is 9.32. The van der Waals surface area contributed by atoms with Gasteiger partial charge in [0.1, 0.15) is 5.82 Å². The lowest BCUT2D eigenvalue weighted by molar-refractivity contribution is -0.111. The molecule has 7 heteroatoms. The van der Waals surface area contributed by atoms with Gasteiger partial charge < -0.3 is 11.1 Å². The molecule has 1 aliphatic rings. The standard InChI is InChI=1S/C26H28N6O/c1-15(27)24(17(3)33)19-9-10-21(23(12-19)32-16(2)22-6-4-5-11-29-22)25(28)20-13-30-26(31-14-20)18-7-8-18/h4-6,9-14,16,18,28,32H,7-8,27H2,1-3H3/t16-/m0/s1. The fourth-order valence-corrected chi connectivity index (χ4v) is 3.86. The maximum Gasteiger partial charge on any atom is 0.162 e. The van der Waals surface area contributed by atoms with E-state index in [4.69, 9.17) is 11.1 Å². The Kier molecular flexibility index (Phi) is 6.31. The van der Waals surface area contributed by atoms with Crippen molar-refractivity contribution in [2.24, 2.45) is 5.73 Å². The summed E-state index contributed by atoms with van der Waals surface area (Å²) in [5, 5.41) is 12.3. The zero-order valence-electron chi connectivity index (χ0n) is 19.1. The molecule has 4 N–H and O–H groups in total. The Morgan fingerprint density at radius 1 is 1.09 bits per heavy atom. The predicted octanol–water partition coefficient (Wildman–Crippen LogP) is 4.62. The summed E-state index contributed by atoms with van der Waals surface area (Å²) < 4.78 is 0. The number of pyridine rings is 1. The molecule has 33 heavy (non-hydrogen) atoms. The number of hydrogen-bond acceptors (Lipinski definition) is 7. The number of hydrogen-bond donors (Lipinski definition) is 3. The molecule has 0 radical (unpaired) electrons. The van der Waals surface area contributed by atoms with Crippen molar-refractivity contribution in [3.63, 3.8) is 0 Å². The largest absolute Gasteiger partial charge is 0.402 e. The molecule has 0 aliphatic heterocycles. The van der Waals surface area contributed by atoms with Gasteiger partial charge in [-0.25, -0.2) is 9.97 Å². The Hall–Kier alpha value is -3.87. The molecular weight excluding hydrogens is 412 g/mol. The SMILES string of the molecule is CC(=O)C(=C(C)N)c1ccc(C(=N)c2cnc(C3CC3)nc2)c(N[C@@H](C)c2ccccn2)c1. The number of nitrogens with two attached hydrogens (primary N) is 1. The Morgan fingerprint density at radius 3 is 2.39 bits per heavy atom. The van der Waals surface area contributed by atoms with Crippen molar-refractivity contribution >= 4 is 22.8 Å². The molecule has 7 nitrogen and oxygen atoms in total. The van der Waals surface area contributed by atoms with Gasteiger partial charge >= 0.3 is 0 Å². The molecule has 0 amide bonds. The molecule has 1 atom stereocenters. The first-order valence-corrected chi connectivity index (χ1v) is 11.1. The highest BCUT2D eigenvalue weighted by molar-refractivity contribution is 6.21. The molecule has 0 saturated heterocycles. The van der Waals surface area contributed by atoms with E-state index >= 15 is 0 Å². The zero-order chi connectivity index (χ0) is 23.5. The molecule has 168 valence electrons. The van der Waals surface area contributed by atoms with E-state index in [-0.39, 0.29) is 11.8 Å². The van der Waals surface area contributed by atoms with Gasteiger partial charge in [-0.05, 0) is 57.4 Å². The van der Waals surface area contributed by atoms with E-state index < -0.39 is 0 Å². The maximum absolute atomic E-state index is 12.2. The highest BCUT2D eigenvalue weighted by atomic mass is 16.1. The van der Waals surface area contributed by atoms with Crippen LogP contribution in [0.3, 0.4) is 0 Å². The lowest BCUT2D eigenvalue weighted by atomic mass is 9.95. The van der Waals surface area contributed by atoms with E-state index in [1.807, 2.05) is 43.3 Å². The van der Waals surface area contributed by atoms with Crippen molar-refractivity contribution in [3.8, 4) is 0 Å². The molecule has 1 fully saturated rings. The van der Waals surface area contributed by atoms with Crippen LogP contribution in [0, 0.1) is 5.41 Å². The molecule has 0 bridgehead atoms. The zero-order valence-corrected chi connectivity index (χ0v) is 19.1. The summed E-state index contributed by atoms with van der Waals surface area (Å²) >= 11 is 0. The van der Waals surface area contributed by atoms with Gasteiger partial charge in [-0.3, -0.25) is 15.2 Å². The van der Waals surface area contributed by atoms with Gasteiger partial charge in [-0.2, -0.15) is 0 Å². The van der Waals surface area contributed by atoms with Crippen molar-refractivity contribution in [2.45, 2.75) is 45.6 Å². The Balaban J connectivity index is 1.73. The van der Waals surface area contributed by atoms with Crippen LogP contribution in [0.5, 0.6) is 0 Å². The summed E-state index contributed by atoms with van der Waals surface area (Å²) in [6, 6.07) is 11.2. The number of aromatic nitrogens is 3. The van der Waals surface area contributed by atoms with Crippen LogP contribution in [0.2, 0.25) is 0 Å². The number of benzene rings is 1. The van der Waals surface area contributed by atoms with Gasteiger partial charge in [0.05, 0.1) is 17.4 Å². The van der Waals surface area contributed by atoms with Crippen LogP contribution in [0.4, 0.5) is 5.69 Å². The monoisotopic (exact) mass is 440 g/mol. The van der Waals surface area contributed by atoms with Gasteiger partial charge in [-0.15, -0.1) is 0 Å². The molecule has 1 aliphatic carbocycles. The number of carbonyl (C=O) groups excluding carboxylic acids is 1. The van der Waals surface area contributed by atoms with E-state index in [2.05, 4.69) is 20.3 Å². The topological polar surface area (TPSA) is 118 Å². The minimum Gasteiger partial charge on any atom is -0.402 e. The van der Waals surface area contributed by atoms with E-state index in [0.717, 1.165) is 24.4 Å². The molecular formula is C26H28N6O. The third-order valence-electron chi connectivity index (χ3n) is 5.73. The summed E-state index contributed by atoms with van der Waals surface area (Å²) in [6.45, 7) is 5.23. The van der Waals surface area contributed by atoms with E-state index in [1.165, 1.54) is 6.92 Å². The summed E-state index contributed by atoms with van der Waals surface area (Å²) in [4.78, 5) is 25.6. The number of allylic oxidation sites excluding steroid dienone is 2. The van der Waals surface area contributed by atoms with Gasteiger partial charge in [0.2, 0.25) is 0 Å². The van der Waals surface area contributed by atoms with E-state index in [0.29, 0.717) is 45.3 Å². The Labute approximate surface area is 193 Å². The van der Waals surface area contributed by atoms with E-state index in [1.54, 1.807) is 25.5 Å². The molecule has 2 aromatic heterocycles. The first kappa shape index (κ1) is 22.3. The minimum absolute atomic E-state index is 0.106. The van der Waals surface area contributed by atoms with Crippen LogP contribution in [0.15, 0.2) is 60.7 Å². The summed E-state index contributed by atoms with van der Waals surface area (Å²) in [7, 11) is 0. The van der Waals surface area contributed by atoms with Crippen molar-refractivity contribution < 1.29 is 4.79 Å². The van der Waals surface area contributed by atoms with Crippen molar-refractivity contribution in [1.29, 1.82) is 5.41 Å². The first-order valence-electron chi connectivity index (χ1n) is 11.1. The van der Waals surface area contributed by atoms with Crippen LogP contribution in [0.25, 0.3) is 5.57 Å². The lowest BCUT2D eigenvalue weighted by Crippen LogP contribution is -2.14. The predicted molar refractivity (Wildman–Crippen MR) is 130 cm³/mol. The normalized spacial score (nSPS) is 14.9. The second-order valence-electron chi connectivity index (χ2n) is 8.47. The first-order chi connectivity index (χ1) is 15.8. The van der Waals surface area contributed by atoms with Crippen molar-refractivity contribution in [2.75, 3.05) is 5.32 Å². The average molecular weight is 441 g/mol. The number of Topliss-reactive ketones (excluding diaryl/α,β-unsaturated/α-hetero) is 1. The number of carbonyl (C=O) groups is 1. The number of nitrogens with one attached hydrogen (secondary N) is 2. The maximum atomic E-state index is 12.2. The van der Waals surface area contributed by atoms with Gasteiger partial charge in [0.25, 0.3) is 0 Å². The molecule has 1 saturated carbocycles. The smallest absolute Gasteiger partial charge is 0.162 e. The molecule has 4 rings (SSSR count). The molecule has 0 spiro atoms. The number of nitrogens with zero attached hydrogens (tertiary/aromatic N) is 3. The lowest BCUT2D eigenvalue weighted by Gasteiger charge is -2.20. The molecule has 1 aromatic carbocycles. The highest BCUT2D eigenvalue weighted by Crippen LogP contribution is 2.37. The summed E-state index contributed by atoms with van der Waals surface area (Å²) in [5.41, 5.74) is 10.8. The van der Waals surface area contributed by atoms with Crippen LogP contribution >= 0.6 is 0 Å². The summed E-state index contributed by atoms with van der Waals surface area (Å²) in [5.74, 6) is 1.20. The molecule has 0 unspecified atom stereocenters. The van der Waals surface area contributed by atoms with E-state index in [9.17, 15) is 4.79 Å². The third-order valence-corrected chi connectivity index (χ3v) is 5.73. The van der Waals surface area contributed by atoms with Crippen LogP contribution in [-0.2, 0) is 4.79 Å². The third kappa shape index (κ3) is 4.98. The fraction of sp³-hybridized carbons (Fsp3) is 0.269. The number of rotatable bonds is 8. The second-order valence-corrected chi connectivity index (χ2v) is 8.47. The van der Waals surface area contributed by atoms with Gasteiger partial charge in [0, 0.05) is 52.6 Å². The van der Waals surface area contributed by atoms with Crippen LogP contribution in [-0.4, -0.2) is 26.4 Å². The number of anilines is 1. The Bertz CT molecular complexity index is 1210. The Morgan fingerprint density at radius 2 is 1.82 bits per heavy atom. The van der Waals surface area contributed by atoms with Crippen molar-refractivity contribution in [1.82, 2.24) is 15.0 Å². The average Bonchev–Trinajstić information content (AvgIpc) is 3.65.